The molecule has 0 aliphatic carbocycles. The van der Waals surface area contributed by atoms with Gasteiger partial charge < -0.3 is 36.9 Å². The summed E-state index contributed by atoms with van der Waals surface area (Å²) in [6, 6.07) is -3.46. The second kappa shape index (κ2) is 11.1. The second-order valence-corrected chi connectivity index (χ2v) is 6.96. The lowest BCUT2D eigenvalue weighted by Crippen LogP contribution is -2.57. The Labute approximate surface area is 167 Å². The van der Waals surface area contributed by atoms with Gasteiger partial charge in [-0.25, -0.2) is 9.78 Å². The van der Waals surface area contributed by atoms with Gasteiger partial charge in [-0.1, -0.05) is 13.8 Å². The molecule has 162 valence electrons. The van der Waals surface area contributed by atoms with Gasteiger partial charge in [0.1, 0.15) is 6.04 Å². The molecule has 0 radical (unpaired) electrons. The summed E-state index contributed by atoms with van der Waals surface area (Å²) in [6.07, 6.45) is 1.87. The minimum absolute atomic E-state index is 0.209. The molecule has 3 amide bonds. The maximum absolute atomic E-state index is 12.3. The molecule has 0 saturated carbocycles. The van der Waals surface area contributed by atoms with Crippen LogP contribution in [0.5, 0.6) is 0 Å². The summed E-state index contributed by atoms with van der Waals surface area (Å²) in [4.78, 5) is 54.2. The predicted octanol–water partition coefficient (Wildman–Crippen LogP) is -2.51. The zero-order valence-corrected chi connectivity index (χ0v) is 16.5. The number of amides is 3. The Kier molecular flexibility index (Phi) is 9.22. The molecular formula is C17H28N6O6. The first-order valence-corrected chi connectivity index (χ1v) is 9.04. The second-order valence-electron chi connectivity index (χ2n) is 6.96. The van der Waals surface area contributed by atoms with E-state index in [9.17, 15) is 24.3 Å². The number of aromatic nitrogens is 2. The SMILES string of the molecule is CC(C)C(NC(=O)CNC(=O)C(N)Cc1cnc[nH]1)C(=O)NC(C(=O)O)C(C)O. The lowest BCUT2D eigenvalue weighted by atomic mass is 10.0. The number of rotatable bonds is 11. The number of carboxylic acid groups (broad SMARTS) is 1. The molecule has 29 heavy (non-hydrogen) atoms. The quantitative estimate of drug-likeness (QED) is 0.206. The molecule has 0 aromatic carbocycles. The number of aliphatic hydroxyl groups excluding tert-OH is 1. The molecule has 8 N–H and O–H groups in total. The number of aromatic amines is 1. The third-order valence-electron chi connectivity index (χ3n) is 4.07. The molecule has 0 bridgehead atoms. The van der Waals surface area contributed by atoms with Crippen molar-refractivity contribution in [2.24, 2.45) is 11.7 Å². The number of nitrogens with two attached hydrogens (primary N) is 1. The molecule has 12 nitrogen and oxygen atoms in total. The van der Waals surface area contributed by atoms with Crippen molar-refractivity contribution in [3.63, 3.8) is 0 Å². The van der Waals surface area contributed by atoms with Crippen molar-refractivity contribution in [1.29, 1.82) is 0 Å². The molecule has 4 unspecified atom stereocenters. The lowest BCUT2D eigenvalue weighted by molar-refractivity contribution is -0.145. The summed E-state index contributed by atoms with van der Waals surface area (Å²) in [7, 11) is 0. The average molecular weight is 412 g/mol. The number of imidazole rings is 1. The van der Waals surface area contributed by atoms with Crippen LogP contribution in [0.3, 0.4) is 0 Å². The number of H-pyrrole nitrogens is 1. The number of hydrogen-bond donors (Lipinski definition) is 7. The molecule has 4 atom stereocenters. The van der Waals surface area contributed by atoms with Gasteiger partial charge in [0.15, 0.2) is 6.04 Å². The summed E-state index contributed by atoms with van der Waals surface area (Å²) < 4.78 is 0. The third kappa shape index (κ3) is 7.87. The molecule has 0 saturated heterocycles. The van der Waals surface area contributed by atoms with Crippen molar-refractivity contribution in [2.75, 3.05) is 6.54 Å². The minimum Gasteiger partial charge on any atom is -0.480 e. The van der Waals surface area contributed by atoms with Gasteiger partial charge in [-0.3, -0.25) is 14.4 Å². The predicted molar refractivity (Wildman–Crippen MR) is 101 cm³/mol. The molecule has 0 aliphatic heterocycles. The van der Waals surface area contributed by atoms with Crippen molar-refractivity contribution < 1.29 is 29.4 Å². The van der Waals surface area contributed by atoms with Crippen molar-refractivity contribution in [3.05, 3.63) is 18.2 Å². The highest BCUT2D eigenvalue weighted by Gasteiger charge is 2.31. The standard InChI is InChI=1S/C17H28N6O6/c1-8(2)13(16(27)23-14(9(3)24)17(28)29)22-12(25)6-20-15(26)11(18)4-10-5-19-7-21-10/h5,7-9,11,13-14,24H,4,6,18H2,1-3H3,(H,19,21)(H,20,26)(H,22,25)(H,23,27)(H,28,29). The van der Waals surface area contributed by atoms with Crippen LogP contribution < -0.4 is 21.7 Å². The minimum atomic E-state index is -1.51. The van der Waals surface area contributed by atoms with E-state index in [2.05, 4.69) is 25.9 Å². The van der Waals surface area contributed by atoms with Gasteiger partial charge in [-0.15, -0.1) is 0 Å². The van der Waals surface area contributed by atoms with Gasteiger partial charge in [-0.05, 0) is 12.8 Å². The highest BCUT2D eigenvalue weighted by atomic mass is 16.4. The maximum atomic E-state index is 12.3. The Hall–Kier alpha value is -2.99. The van der Waals surface area contributed by atoms with Gasteiger partial charge in [-0.2, -0.15) is 0 Å². The topological polar surface area (TPSA) is 200 Å². The Morgan fingerprint density at radius 1 is 1.14 bits per heavy atom. The molecule has 1 rings (SSSR count). The van der Waals surface area contributed by atoms with E-state index in [1.54, 1.807) is 13.8 Å². The van der Waals surface area contributed by atoms with Crippen LogP contribution in [-0.2, 0) is 25.6 Å². The molecular weight excluding hydrogens is 384 g/mol. The fourth-order valence-electron chi connectivity index (χ4n) is 2.42. The zero-order valence-electron chi connectivity index (χ0n) is 16.5. The van der Waals surface area contributed by atoms with Crippen molar-refractivity contribution in [3.8, 4) is 0 Å². The van der Waals surface area contributed by atoms with Crippen LogP contribution in [0.15, 0.2) is 12.5 Å². The summed E-state index contributed by atoms with van der Waals surface area (Å²) in [5.74, 6) is -3.74. The smallest absolute Gasteiger partial charge is 0.328 e. The first kappa shape index (κ1) is 24.0. The Bertz CT molecular complexity index is 705. The first-order valence-electron chi connectivity index (χ1n) is 9.04. The van der Waals surface area contributed by atoms with Crippen LogP contribution in [0.25, 0.3) is 0 Å². The van der Waals surface area contributed by atoms with Gasteiger partial charge in [0.05, 0.1) is 25.0 Å². The van der Waals surface area contributed by atoms with Gasteiger partial charge in [0.2, 0.25) is 17.7 Å². The maximum Gasteiger partial charge on any atom is 0.328 e. The van der Waals surface area contributed by atoms with E-state index in [1.807, 2.05) is 0 Å². The number of nitrogens with one attached hydrogen (secondary N) is 4. The Balaban J connectivity index is 2.58. The van der Waals surface area contributed by atoms with E-state index in [0.29, 0.717) is 5.69 Å². The normalized spacial score (nSPS) is 15.1. The zero-order chi connectivity index (χ0) is 22.1. The van der Waals surface area contributed by atoms with E-state index in [-0.39, 0.29) is 12.3 Å². The van der Waals surface area contributed by atoms with Gasteiger partial charge in [0.25, 0.3) is 0 Å². The highest BCUT2D eigenvalue weighted by molar-refractivity contribution is 5.92. The highest BCUT2D eigenvalue weighted by Crippen LogP contribution is 2.04. The van der Waals surface area contributed by atoms with E-state index >= 15 is 0 Å². The van der Waals surface area contributed by atoms with Crippen LogP contribution in [0.4, 0.5) is 0 Å². The molecule has 1 aromatic heterocycles. The molecule has 0 spiro atoms. The number of hydrogen-bond acceptors (Lipinski definition) is 7. The van der Waals surface area contributed by atoms with Crippen molar-refractivity contribution >= 4 is 23.7 Å². The summed E-state index contributed by atoms with van der Waals surface area (Å²) in [5, 5.41) is 25.5. The van der Waals surface area contributed by atoms with Gasteiger partial charge >= 0.3 is 5.97 Å². The molecule has 0 fully saturated rings. The van der Waals surface area contributed by atoms with Crippen LogP contribution in [0, 0.1) is 5.92 Å². The van der Waals surface area contributed by atoms with Gasteiger partial charge in [0, 0.05) is 18.3 Å². The number of carbonyl (C=O) groups excluding carboxylic acids is 3. The number of carboxylic acids is 1. The molecule has 1 aromatic rings. The summed E-state index contributed by atoms with van der Waals surface area (Å²) in [6.45, 7) is 4.12. The monoisotopic (exact) mass is 412 g/mol. The van der Waals surface area contributed by atoms with E-state index in [4.69, 9.17) is 10.8 Å². The summed E-state index contributed by atoms with van der Waals surface area (Å²) in [5.41, 5.74) is 6.44. The molecule has 0 aliphatic rings. The van der Waals surface area contributed by atoms with Crippen LogP contribution in [-0.4, -0.2) is 74.6 Å². The summed E-state index contributed by atoms with van der Waals surface area (Å²) >= 11 is 0. The van der Waals surface area contributed by atoms with Crippen molar-refractivity contribution in [2.45, 2.75) is 51.4 Å². The van der Waals surface area contributed by atoms with Crippen molar-refractivity contribution in [1.82, 2.24) is 25.9 Å². The molecule has 1 heterocycles. The molecule has 12 heteroatoms. The van der Waals surface area contributed by atoms with E-state index < -0.39 is 54.5 Å². The van der Waals surface area contributed by atoms with Crippen LogP contribution in [0.2, 0.25) is 0 Å². The Morgan fingerprint density at radius 2 is 1.79 bits per heavy atom. The van der Waals surface area contributed by atoms with E-state index in [0.717, 1.165) is 0 Å². The first-order chi connectivity index (χ1) is 13.5. The van der Waals surface area contributed by atoms with Crippen LogP contribution in [0.1, 0.15) is 26.5 Å². The lowest BCUT2D eigenvalue weighted by Gasteiger charge is -2.25. The number of nitrogens with zero attached hydrogens (tertiary/aromatic N) is 1. The van der Waals surface area contributed by atoms with E-state index in [1.165, 1.54) is 19.4 Å². The number of aliphatic hydroxyl groups is 1. The third-order valence-corrected chi connectivity index (χ3v) is 4.07. The largest absolute Gasteiger partial charge is 0.480 e. The number of carbonyl (C=O) groups is 4. The average Bonchev–Trinajstić information content (AvgIpc) is 3.13. The fraction of sp³-hybridized carbons (Fsp3) is 0.588. The number of aliphatic carboxylic acids is 1. The Morgan fingerprint density at radius 3 is 2.28 bits per heavy atom. The van der Waals surface area contributed by atoms with Crippen LogP contribution >= 0.6 is 0 Å². The fourth-order valence-corrected chi connectivity index (χ4v) is 2.42.